The molecule has 0 bridgehead atoms. The number of carboxylic acid groups (broad SMARTS) is 2. The van der Waals surface area contributed by atoms with Crippen molar-refractivity contribution in [2.45, 2.75) is 64.1 Å². The van der Waals surface area contributed by atoms with Crippen LogP contribution in [0.1, 0.15) is 45.6 Å². The number of ether oxygens (including phenoxy) is 1. The number of carbonyl (C=O) groups is 4. The number of nitrogens with one attached hydrogen (secondary N) is 1. The van der Waals surface area contributed by atoms with Crippen LogP contribution < -0.4 is 5.32 Å². The van der Waals surface area contributed by atoms with Crippen LogP contribution in [0.25, 0.3) is 0 Å². The van der Waals surface area contributed by atoms with E-state index in [0.29, 0.717) is 12.8 Å². The van der Waals surface area contributed by atoms with Gasteiger partial charge in [-0.3, -0.25) is 9.59 Å². The van der Waals surface area contributed by atoms with Crippen molar-refractivity contribution < 1.29 is 34.1 Å². The molecule has 3 N–H and O–H groups in total. The molecule has 1 aliphatic rings. The summed E-state index contributed by atoms with van der Waals surface area (Å²) in [7, 11) is 0. The number of nitrogens with zero attached hydrogens (tertiary/aromatic N) is 1. The molecule has 1 heterocycles. The molecule has 1 aromatic rings. The van der Waals surface area contributed by atoms with Crippen LogP contribution in [0.15, 0.2) is 30.3 Å². The first-order valence-electron chi connectivity index (χ1n) is 10.3. The molecule has 0 spiro atoms. The SMILES string of the molecule is CC(C)(C)OC(=O)N[C@@H](CC(Cc1ccccc1)C(=O)O)C(=O)N1CCC[C@H]1C(=O)O. The highest BCUT2D eigenvalue weighted by molar-refractivity contribution is 5.90. The third kappa shape index (κ3) is 7.27. The Hall–Kier alpha value is -3.10. The van der Waals surface area contributed by atoms with Crippen LogP contribution in [0.5, 0.6) is 0 Å². The molecule has 0 radical (unpaired) electrons. The number of alkyl carbamates (subject to hydrolysis) is 1. The highest BCUT2D eigenvalue weighted by Gasteiger charge is 2.39. The Morgan fingerprint density at radius 1 is 1.16 bits per heavy atom. The fourth-order valence-electron chi connectivity index (χ4n) is 3.61. The van der Waals surface area contributed by atoms with Gasteiger partial charge in [-0.2, -0.15) is 0 Å². The zero-order valence-corrected chi connectivity index (χ0v) is 18.0. The maximum Gasteiger partial charge on any atom is 0.408 e. The number of benzene rings is 1. The molecule has 1 saturated heterocycles. The Kier molecular flexibility index (Phi) is 8.01. The van der Waals surface area contributed by atoms with Crippen molar-refractivity contribution in [3.8, 4) is 0 Å². The maximum absolute atomic E-state index is 13.2. The highest BCUT2D eigenvalue weighted by atomic mass is 16.6. The number of amides is 2. The van der Waals surface area contributed by atoms with E-state index in [-0.39, 0.29) is 19.4 Å². The number of aliphatic carboxylic acids is 2. The number of carboxylic acids is 2. The summed E-state index contributed by atoms with van der Waals surface area (Å²) in [5.41, 5.74) is -0.0338. The van der Waals surface area contributed by atoms with E-state index in [1.807, 2.05) is 6.07 Å². The van der Waals surface area contributed by atoms with Crippen molar-refractivity contribution in [2.75, 3.05) is 6.54 Å². The lowest BCUT2D eigenvalue weighted by molar-refractivity contribution is -0.150. The van der Waals surface area contributed by atoms with Crippen LogP contribution in [0, 0.1) is 5.92 Å². The molecule has 0 aliphatic carbocycles. The van der Waals surface area contributed by atoms with Gasteiger partial charge in [0.2, 0.25) is 5.91 Å². The summed E-state index contributed by atoms with van der Waals surface area (Å²) >= 11 is 0. The van der Waals surface area contributed by atoms with Gasteiger partial charge in [0.15, 0.2) is 0 Å². The Bertz CT molecular complexity index is 804. The molecule has 1 aromatic carbocycles. The molecular formula is C22H30N2O7. The maximum atomic E-state index is 13.2. The van der Waals surface area contributed by atoms with Crippen LogP contribution in [0.4, 0.5) is 4.79 Å². The van der Waals surface area contributed by atoms with E-state index in [4.69, 9.17) is 4.74 Å². The predicted octanol–water partition coefficient (Wildman–Crippen LogP) is 2.29. The van der Waals surface area contributed by atoms with Gasteiger partial charge in [0, 0.05) is 6.54 Å². The summed E-state index contributed by atoms with van der Waals surface area (Å²) < 4.78 is 5.23. The van der Waals surface area contributed by atoms with E-state index in [0.717, 1.165) is 5.56 Å². The largest absolute Gasteiger partial charge is 0.481 e. The molecule has 31 heavy (non-hydrogen) atoms. The van der Waals surface area contributed by atoms with Crippen LogP contribution in [0.2, 0.25) is 0 Å². The number of hydrogen-bond donors (Lipinski definition) is 3. The number of likely N-dealkylation sites (tertiary alicyclic amines) is 1. The van der Waals surface area contributed by atoms with Gasteiger partial charge in [-0.15, -0.1) is 0 Å². The summed E-state index contributed by atoms with van der Waals surface area (Å²) in [5.74, 6) is -3.81. The molecule has 2 amide bonds. The molecular weight excluding hydrogens is 404 g/mol. The number of carbonyl (C=O) groups excluding carboxylic acids is 2. The highest BCUT2D eigenvalue weighted by Crippen LogP contribution is 2.22. The van der Waals surface area contributed by atoms with E-state index >= 15 is 0 Å². The van der Waals surface area contributed by atoms with Gasteiger partial charge in [-0.1, -0.05) is 30.3 Å². The van der Waals surface area contributed by atoms with Crippen LogP contribution in [-0.4, -0.2) is 63.3 Å². The Morgan fingerprint density at radius 3 is 2.35 bits per heavy atom. The molecule has 9 nitrogen and oxygen atoms in total. The molecule has 170 valence electrons. The fraction of sp³-hybridized carbons (Fsp3) is 0.545. The van der Waals surface area contributed by atoms with Crippen LogP contribution in [0.3, 0.4) is 0 Å². The summed E-state index contributed by atoms with van der Waals surface area (Å²) in [6, 6.07) is 6.75. The van der Waals surface area contributed by atoms with Gasteiger partial charge in [0.25, 0.3) is 0 Å². The molecule has 1 aliphatic heterocycles. The minimum absolute atomic E-state index is 0.165. The van der Waals surface area contributed by atoms with Crippen molar-refractivity contribution >= 4 is 23.9 Å². The summed E-state index contributed by atoms with van der Waals surface area (Å²) in [6.45, 7) is 5.23. The Balaban J connectivity index is 2.24. The van der Waals surface area contributed by atoms with Crippen molar-refractivity contribution in [3.63, 3.8) is 0 Å². The third-order valence-electron chi connectivity index (χ3n) is 5.00. The second-order valence-corrected chi connectivity index (χ2v) is 8.69. The monoisotopic (exact) mass is 434 g/mol. The quantitative estimate of drug-likeness (QED) is 0.572. The van der Waals surface area contributed by atoms with Gasteiger partial charge in [-0.05, 0) is 52.0 Å². The molecule has 0 saturated carbocycles. The molecule has 2 rings (SSSR count). The second-order valence-electron chi connectivity index (χ2n) is 8.69. The van der Waals surface area contributed by atoms with Crippen molar-refractivity contribution in [1.82, 2.24) is 10.2 Å². The van der Waals surface area contributed by atoms with Gasteiger partial charge in [0.05, 0.1) is 5.92 Å². The third-order valence-corrected chi connectivity index (χ3v) is 5.00. The van der Waals surface area contributed by atoms with E-state index < -0.39 is 47.5 Å². The molecule has 3 atom stereocenters. The van der Waals surface area contributed by atoms with E-state index in [9.17, 15) is 29.4 Å². The van der Waals surface area contributed by atoms with Gasteiger partial charge in [0.1, 0.15) is 17.7 Å². The number of hydrogen-bond acceptors (Lipinski definition) is 5. The first kappa shape index (κ1) is 24.2. The molecule has 9 heteroatoms. The molecule has 0 aromatic heterocycles. The topological polar surface area (TPSA) is 133 Å². The van der Waals surface area contributed by atoms with Gasteiger partial charge in [-0.25, -0.2) is 9.59 Å². The smallest absolute Gasteiger partial charge is 0.408 e. The standard InChI is InChI=1S/C22H30N2O7/c1-22(2,3)31-21(30)23-16(18(25)24-11-7-10-17(24)20(28)29)13-15(19(26)27)12-14-8-5-4-6-9-14/h4-6,8-9,15-17H,7,10-13H2,1-3H3,(H,23,30)(H,26,27)(H,28,29)/t15?,16-,17-/m0/s1. The van der Waals surface area contributed by atoms with Gasteiger partial charge >= 0.3 is 18.0 Å². The average molecular weight is 434 g/mol. The zero-order chi connectivity index (χ0) is 23.2. The second kappa shape index (κ2) is 10.3. The van der Waals surface area contributed by atoms with Crippen molar-refractivity contribution in [3.05, 3.63) is 35.9 Å². The van der Waals surface area contributed by atoms with Crippen molar-refractivity contribution in [2.24, 2.45) is 5.92 Å². The normalized spacial score (nSPS) is 18.2. The summed E-state index contributed by atoms with van der Waals surface area (Å²) in [4.78, 5) is 50.1. The minimum atomic E-state index is -1.22. The first-order valence-corrected chi connectivity index (χ1v) is 10.3. The van der Waals surface area contributed by atoms with Crippen LogP contribution >= 0.6 is 0 Å². The van der Waals surface area contributed by atoms with Gasteiger partial charge < -0.3 is 25.2 Å². The average Bonchev–Trinajstić information content (AvgIpc) is 3.15. The lowest BCUT2D eigenvalue weighted by Crippen LogP contribution is -2.53. The summed E-state index contributed by atoms with van der Waals surface area (Å²) in [6.07, 6.45) is -0.0506. The fourth-order valence-corrected chi connectivity index (χ4v) is 3.61. The van der Waals surface area contributed by atoms with Crippen LogP contribution in [-0.2, 0) is 25.5 Å². The Labute approximate surface area is 181 Å². The van der Waals surface area contributed by atoms with Crippen molar-refractivity contribution in [1.29, 1.82) is 0 Å². The lowest BCUT2D eigenvalue weighted by Gasteiger charge is -2.29. The van der Waals surface area contributed by atoms with E-state index in [1.54, 1.807) is 45.0 Å². The molecule has 1 fully saturated rings. The Morgan fingerprint density at radius 2 is 1.81 bits per heavy atom. The first-order chi connectivity index (χ1) is 14.5. The lowest BCUT2D eigenvalue weighted by atomic mass is 9.92. The van der Waals surface area contributed by atoms with E-state index in [1.165, 1.54) is 4.90 Å². The zero-order valence-electron chi connectivity index (χ0n) is 18.0. The predicted molar refractivity (Wildman–Crippen MR) is 111 cm³/mol. The number of rotatable bonds is 8. The molecule has 1 unspecified atom stereocenters. The minimum Gasteiger partial charge on any atom is -0.481 e. The summed E-state index contributed by atoms with van der Waals surface area (Å²) in [5, 5.41) is 21.6. The van der Waals surface area contributed by atoms with E-state index in [2.05, 4.69) is 5.32 Å².